The number of hydrogen-bond donors (Lipinski definition) is 1. The Bertz CT molecular complexity index is 271. The number of benzene rings is 1. The molecule has 0 spiro atoms. The van der Waals surface area contributed by atoms with E-state index in [1.165, 1.54) is 0 Å². The van der Waals surface area contributed by atoms with Crippen LogP contribution >= 0.6 is 11.6 Å². The van der Waals surface area contributed by atoms with Gasteiger partial charge in [0.2, 0.25) is 0 Å². The SMILES string of the molecule is CC(C)[C@H](C)Nc1cccc(Cl)c1. The third-order valence-electron chi connectivity index (χ3n) is 2.22. The van der Waals surface area contributed by atoms with E-state index < -0.39 is 0 Å². The third kappa shape index (κ3) is 3.27. The first-order valence-electron chi connectivity index (χ1n) is 4.61. The average molecular weight is 198 g/mol. The molecule has 1 aromatic carbocycles. The maximum atomic E-state index is 5.87. The van der Waals surface area contributed by atoms with Crippen molar-refractivity contribution in [2.75, 3.05) is 5.32 Å². The van der Waals surface area contributed by atoms with Crippen molar-refractivity contribution in [1.82, 2.24) is 0 Å². The Morgan fingerprint density at radius 1 is 1.23 bits per heavy atom. The molecule has 13 heavy (non-hydrogen) atoms. The van der Waals surface area contributed by atoms with E-state index in [-0.39, 0.29) is 0 Å². The molecule has 0 heterocycles. The van der Waals surface area contributed by atoms with Crippen LogP contribution in [-0.2, 0) is 0 Å². The molecule has 1 rings (SSSR count). The van der Waals surface area contributed by atoms with Gasteiger partial charge in [0.05, 0.1) is 0 Å². The first-order chi connectivity index (χ1) is 6.09. The standard InChI is InChI=1S/C11H16ClN/c1-8(2)9(3)13-11-6-4-5-10(12)7-11/h4-9,13H,1-3H3/t9-/m0/s1. The van der Waals surface area contributed by atoms with E-state index in [9.17, 15) is 0 Å². The van der Waals surface area contributed by atoms with Crippen molar-refractivity contribution < 1.29 is 0 Å². The minimum absolute atomic E-state index is 0.471. The lowest BCUT2D eigenvalue weighted by Gasteiger charge is -2.18. The smallest absolute Gasteiger partial charge is 0.0426 e. The van der Waals surface area contributed by atoms with Crippen molar-refractivity contribution in [2.24, 2.45) is 5.92 Å². The molecule has 72 valence electrons. The van der Waals surface area contributed by atoms with Crippen LogP contribution in [0.4, 0.5) is 5.69 Å². The summed E-state index contributed by atoms with van der Waals surface area (Å²) in [6.45, 7) is 6.57. The molecule has 0 unspecified atom stereocenters. The molecular weight excluding hydrogens is 182 g/mol. The highest BCUT2D eigenvalue weighted by Crippen LogP contribution is 2.17. The summed E-state index contributed by atoms with van der Waals surface area (Å²) in [5, 5.41) is 4.18. The summed E-state index contributed by atoms with van der Waals surface area (Å²) in [4.78, 5) is 0. The lowest BCUT2D eigenvalue weighted by molar-refractivity contribution is 0.560. The summed E-state index contributed by atoms with van der Waals surface area (Å²) in [5.74, 6) is 0.624. The molecule has 1 N–H and O–H groups in total. The molecule has 1 atom stereocenters. The molecule has 2 heteroatoms. The molecule has 0 aromatic heterocycles. The fourth-order valence-electron chi connectivity index (χ4n) is 1.01. The largest absolute Gasteiger partial charge is 0.382 e. The van der Waals surface area contributed by atoms with Crippen LogP contribution in [0.25, 0.3) is 0 Å². The van der Waals surface area contributed by atoms with Crippen LogP contribution in [0.15, 0.2) is 24.3 Å². The van der Waals surface area contributed by atoms with Gasteiger partial charge in [0.1, 0.15) is 0 Å². The van der Waals surface area contributed by atoms with Gasteiger partial charge in [-0.1, -0.05) is 31.5 Å². The van der Waals surface area contributed by atoms with E-state index in [0.29, 0.717) is 12.0 Å². The molecule has 1 nitrogen and oxygen atoms in total. The summed E-state index contributed by atoms with van der Waals surface area (Å²) < 4.78 is 0. The molecule has 0 fully saturated rings. The Labute approximate surface area is 85.1 Å². The normalized spacial score (nSPS) is 13.0. The number of anilines is 1. The lowest BCUT2D eigenvalue weighted by atomic mass is 10.1. The fraction of sp³-hybridized carbons (Fsp3) is 0.455. The predicted octanol–water partition coefficient (Wildman–Crippen LogP) is 3.80. The zero-order valence-electron chi connectivity index (χ0n) is 8.34. The Hall–Kier alpha value is -0.690. The fourth-order valence-corrected chi connectivity index (χ4v) is 1.20. The summed E-state index contributed by atoms with van der Waals surface area (Å²) >= 11 is 5.87. The van der Waals surface area contributed by atoms with Crippen molar-refractivity contribution in [3.63, 3.8) is 0 Å². The van der Waals surface area contributed by atoms with Gasteiger partial charge >= 0.3 is 0 Å². The second-order valence-electron chi connectivity index (χ2n) is 3.69. The van der Waals surface area contributed by atoms with Gasteiger partial charge in [-0.2, -0.15) is 0 Å². The van der Waals surface area contributed by atoms with Crippen molar-refractivity contribution in [3.05, 3.63) is 29.3 Å². The highest BCUT2D eigenvalue weighted by molar-refractivity contribution is 6.30. The van der Waals surface area contributed by atoms with E-state index in [1.807, 2.05) is 24.3 Å². The third-order valence-corrected chi connectivity index (χ3v) is 2.45. The van der Waals surface area contributed by atoms with Crippen molar-refractivity contribution >= 4 is 17.3 Å². The second-order valence-corrected chi connectivity index (χ2v) is 4.12. The highest BCUT2D eigenvalue weighted by Gasteiger charge is 2.05. The van der Waals surface area contributed by atoms with Crippen LogP contribution in [0.1, 0.15) is 20.8 Å². The Kier molecular flexibility index (Phi) is 3.61. The minimum atomic E-state index is 0.471. The van der Waals surface area contributed by atoms with E-state index >= 15 is 0 Å². The number of nitrogens with one attached hydrogen (secondary N) is 1. The van der Waals surface area contributed by atoms with E-state index in [1.54, 1.807) is 0 Å². The van der Waals surface area contributed by atoms with Gasteiger partial charge in [-0.25, -0.2) is 0 Å². The average Bonchev–Trinajstić information content (AvgIpc) is 2.04. The summed E-state index contributed by atoms with van der Waals surface area (Å²) in [7, 11) is 0. The van der Waals surface area contributed by atoms with Crippen molar-refractivity contribution in [1.29, 1.82) is 0 Å². The monoisotopic (exact) mass is 197 g/mol. The van der Waals surface area contributed by atoms with Gasteiger partial charge in [0.15, 0.2) is 0 Å². The summed E-state index contributed by atoms with van der Waals surface area (Å²) in [6, 6.07) is 8.29. The van der Waals surface area contributed by atoms with Crippen LogP contribution in [0.2, 0.25) is 5.02 Å². The number of rotatable bonds is 3. The molecule has 0 amide bonds. The number of halogens is 1. The Morgan fingerprint density at radius 3 is 2.46 bits per heavy atom. The lowest BCUT2D eigenvalue weighted by Crippen LogP contribution is -2.21. The van der Waals surface area contributed by atoms with Gasteiger partial charge in [0, 0.05) is 16.8 Å². The molecule has 0 radical (unpaired) electrons. The molecule has 0 saturated heterocycles. The summed E-state index contributed by atoms with van der Waals surface area (Å²) in [6.07, 6.45) is 0. The Balaban J connectivity index is 2.64. The maximum absolute atomic E-state index is 5.87. The number of hydrogen-bond acceptors (Lipinski definition) is 1. The minimum Gasteiger partial charge on any atom is -0.382 e. The van der Waals surface area contributed by atoms with Crippen molar-refractivity contribution in [3.8, 4) is 0 Å². The maximum Gasteiger partial charge on any atom is 0.0426 e. The van der Waals surface area contributed by atoms with Crippen LogP contribution in [0, 0.1) is 5.92 Å². The second kappa shape index (κ2) is 4.52. The van der Waals surface area contributed by atoms with E-state index in [2.05, 4.69) is 26.1 Å². The van der Waals surface area contributed by atoms with Gasteiger partial charge in [-0.15, -0.1) is 0 Å². The molecule has 0 saturated carbocycles. The van der Waals surface area contributed by atoms with Crippen LogP contribution < -0.4 is 5.32 Å². The highest BCUT2D eigenvalue weighted by atomic mass is 35.5. The molecular formula is C11H16ClN. The van der Waals surface area contributed by atoms with E-state index in [0.717, 1.165) is 10.7 Å². The summed E-state index contributed by atoms with van der Waals surface area (Å²) in [5.41, 5.74) is 1.09. The first kappa shape index (κ1) is 10.4. The zero-order valence-corrected chi connectivity index (χ0v) is 9.10. The Morgan fingerprint density at radius 2 is 1.92 bits per heavy atom. The molecule has 0 aliphatic carbocycles. The molecule has 0 aliphatic rings. The molecule has 0 bridgehead atoms. The molecule has 0 aliphatic heterocycles. The molecule has 1 aromatic rings. The van der Waals surface area contributed by atoms with Crippen molar-refractivity contribution in [2.45, 2.75) is 26.8 Å². The van der Waals surface area contributed by atoms with E-state index in [4.69, 9.17) is 11.6 Å². The van der Waals surface area contributed by atoms with Gasteiger partial charge in [-0.3, -0.25) is 0 Å². The topological polar surface area (TPSA) is 12.0 Å². The van der Waals surface area contributed by atoms with Crippen LogP contribution in [0.5, 0.6) is 0 Å². The van der Waals surface area contributed by atoms with Gasteiger partial charge < -0.3 is 5.32 Å². The van der Waals surface area contributed by atoms with Crippen LogP contribution in [-0.4, -0.2) is 6.04 Å². The first-order valence-corrected chi connectivity index (χ1v) is 4.99. The van der Waals surface area contributed by atoms with Gasteiger partial charge in [-0.05, 0) is 31.0 Å². The van der Waals surface area contributed by atoms with Crippen LogP contribution in [0.3, 0.4) is 0 Å². The quantitative estimate of drug-likeness (QED) is 0.778. The van der Waals surface area contributed by atoms with Gasteiger partial charge in [0.25, 0.3) is 0 Å². The zero-order chi connectivity index (χ0) is 9.84. The predicted molar refractivity (Wildman–Crippen MR) is 59.4 cm³/mol.